The standard InChI is InChI=1S/C18H31N3O2/c1-6-14(8-17(22)23)15-7-16(19)18(20-9-15)21(10-12(2)3)11-13(4)5/h7,9,12-14H,6,8,10-11,19H2,1-5H3,(H,22,23). The third kappa shape index (κ3) is 6.08. The average molecular weight is 321 g/mol. The number of carboxylic acid groups (broad SMARTS) is 1. The minimum Gasteiger partial charge on any atom is -0.481 e. The van der Waals surface area contributed by atoms with E-state index in [9.17, 15) is 4.79 Å². The summed E-state index contributed by atoms with van der Waals surface area (Å²) in [4.78, 5) is 17.8. The molecule has 1 aromatic heterocycles. The highest BCUT2D eigenvalue weighted by atomic mass is 16.4. The molecule has 5 heteroatoms. The fraction of sp³-hybridized carbons (Fsp3) is 0.667. The molecule has 23 heavy (non-hydrogen) atoms. The zero-order chi connectivity index (χ0) is 17.6. The van der Waals surface area contributed by atoms with Crippen LogP contribution in [0, 0.1) is 11.8 Å². The Labute approximate surface area is 139 Å². The molecule has 0 aliphatic heterocycles. The third-order valence-corrected chi connectivity index (χ3v) is 3.77. The molecular formula is C18H31N3O2. The van der Waals surface area contributed by atoms with Crippen LogP contribution in [0.25, 0.3) is 0 Å². The Kier molecular flexibility index (Phi) is 7.33. The summed E-state index contributed by atoms with van der Waals surface area (Å²) in [6, 6.07) is 1.90. The second-order valence-corrected chi connectivity index (χ2v) is 7.08. The molecule has 3 N–H and O–H groups in total. The molecule has 1 atom stereocenters. The van der Waals surface area contributed by atoms with Crippen LogP contribution in [-0.2, 0) is 4.79 Å². The maximum absolute atomic E-state index is 11.0. The Morgan fingerprint density at radius 1 is 1.26 bits per heavy atom. The summed E-state index contributed by atoms with van der Waals surface area (Å²) in [7, 11) is 0. The molecule has 5 nitrogen and oxygen atoms in total. The molecule has 0 bridgehead atoms. The number of hydrogen-bond donors (Lipinski definition) is 2. The van der Waals surface area contributed by atoms with Crippen molar-refractivity contribution in [3.63, 3.8) is 0 Å². The Hall–Kier alpha value is -1.78. The lowest BCUT2D eigenvalue weighted by Crippen LogP contribution is -2.32. The summed E-state index contributed by atoms with van der Waals surface area (Å²) in [5, 5.41) is 9.03. The number of hydrogen-bond acceptors (Lipinski definition) is 4. The van der Waals surface area contributed by atoms with E-state index in [4.69, 9.17) is 10.8 Å². The third-order valence-electron chi connectivity index (χ3n) is 3.77. The number of nitrogens with two attached hydrogens (primary N) is 1. The molecule has 0 radical (unpaired) electrons. The molecule has 1 aromatic rings. The Morgan fingerprint density at radius 3 is 2.22 bits per heavy atom. The molecule has 0 saturated heterocycles. The first-order valence-electron chi connectivity index (χ1n) is 8.46. The molecule has 1 heterocycles. The van der Waals surface area contributed by atoms with E-state index in [1.165, 1.54) is 0 Å². The van der Waals surface area contributed by atoms with Gasteiger partial charge in [0, 0.05) is 19.3 Å². The van der Waals surface area contributed by atoms with Gasteiger partial charge >= 0.3 is 5.97 Å². The van der Waals surface area contributed by atoms with Gasteiger partial charge in [0.15, 0.2) is 5.82 Å². The molecule has 0 fully saturated rings. The summed E-state index contributed by atoms with van der Waals surface area (Å²) >= 11 is 0. The second kappa shape index (κ2) is 8.75. The number of carbonyl (C=O) groups is 1. The van der Waals surface area contributed by atoms with Crippen molar-refractivity contribution >= 4 is 17.5 Å². The van der Waals surface area contributed by atoms with Crippen LogP contribution in [0.2, 0.25) is 0 Å². The first-order chi connectivity index (χ1) is 10.7. The summed E-state index contributed by atoms with van der Waals surface area (Å²) in [5.74, 6) is 1.01. The molecule has 0 aromatic carbocycles. The van der Waals surface area contributed by atoms with E-state index in [1.807, 2.05) is 13.0 Å². The van der Waals surface area contributed by atoms with Crippen molar-refractivity contribution in [2.75, 3.05) is 23.7 Å². The Bertz CT molecular complexity index is 505. The Balaban J connectivity index is 3.06. The van der Waals surface area contributed by atoms with Crippen molar-refractivity contribution in [3.05, 3.63) is 17.8 Å². The molecule has 0 amide bonds. The number of aromatic nitrogens is 1. The quantitative estimate of drug-likeness (QED) is 0.724. The van der Waals surface area contributed by atoms with Crippen LogP contribution in [0.5, 0.6) is 0 Å². The number of nitrogen functional groups attached to an aromatic ring is 1. The maximum Gasteiger partial charge on any atom is 0.303 e. The lowest BCUT2D eigenvalue weighted by molar-refractivity contribution is -0.137. The summed E-state index contributed by atoms with van der Waals surface area (Å²) < 4.78 is 0. The van der Waals surface area contributed by atoms with Gasteiger partial charge in [0.05, 0.1) is 12.1 Å². The minimum absolute atomic E-state index is 0.0417. The van der Waals surface area contributed by atoms with E-state index >= 15 is 0 Å². The van der Waals surface area contributed by atoms with E-state index in [0.29, 0.717) is 17.5 Å². The van der Waals surface area contributed by atoms with Gasteiger partial charge in [-0.3, -0.25) is 4.79 Å². The van der Waals surface area contributed by atoms with Gasteiger partial charge in [-0.2, -0.15) is 0 Å². The minimum atomic E-state index is -0.791. The molecule has 0 aliphatic rings. The molecular weight excluding hydrogens is 290 g/mol. The van der Waals surface area contributed by atoms with Crippen molar-refractivity contribution in [3.8, 4) is 0 Å². The van der Waals surface area contributed by atoms with Crippen molar-refractivity contribution in [2.24, 2.45) is 11.8 Å². The molecule has 0 spiro atoms. The van der Waals surface area contributed by atoms with Crippen molar-refractivity contribution in [1.82, 2.24) is 4.98 Å². The van der Waals surface area contributed by atoms with Crippen LogP contribution in [-0.4, -0.2) is 29.1 Å². The topological polar surface area (TPSA) is 79.5 Å². The first-order valence-corrected chi connectivity index (χ1v) is 8.46. The number of rotatable bonds is 9. The lowest BCUT2D eigenvalue weighted by Gasteiger charge is -2.29. The van der Waals surface area contributed by atoms with Crippen molar-refractivity contribution in [2.45, 2.75) is 53.4 Å². The highest BCUT2D eigenvalue weighted by Gasteiger charge is 2.18. The smallest absolute Gasteiger partial charge is 0.303 e. The van der Waals surface area contributed by atoms with Gasteiger partial charge in [0.1, 0.15) is 0 Å². The highest BCUT2D eigenvalue weighted by molar-refractivity contribution is 5.69. The maximum atomic E-state index is 11.0. The molecule has 0 saturated carbocycles. The van der Waals surface area contributed by atoms with Gasteiger partial charge in [-0.25, -0.2) is 4.98 Å². The van der Waals surface area contributed by atoms with E-state index in [-0.39, 0.29) is 12.3 Å². The molecule has 1 unspecified atom stereocenters. The summed E-state index contributed by atoms with van der Waals surface area (Å²) in [6.07, 6.45) is 2.66. The van der Waals surface area contributed by atoms with Crippen LogP contribution < -0.4 is 10.6 Å². The van der Waals surface area contributed by atoms with Gasteiger partial charge in [-0.15, -0.1) is 0 Å². The van der Waals surface area contributed by atoms with Crippen LogP contribution in [0.1, 0.15) is 58.9 Å². The Morgan fingerprint density at radius 2 is 1.83 bits per heavy atom. The van der Waals surface area contributed by atoms with Crippen molar-refractivity contribution < 1.29 is 9.90 Å². The fourth-order valence-electron chi connectivity index (χ4n) is 2.82. The van der Waals surface area contributed by atoms with Crippen LogP contribution >= 0.6 is 0 Å². The first kappa shape index (κ1) is 19.3. The van der Waals surface area contributed by atoms with Gasteiger partial charge in [0.25, 0.3) is 0 Å². The van der Waals surface area contributed by atoms with E-state index < -0.39 is 5.97 Å². The number of carboxylic acids is 1. The molecule has 1 rings (SSSR count). The van der Waals surface area contributed by atoms with Gasteiger partial charge < -0.3 is 15.7 Å². The largest absolute Gasteiger partial charge is 0.481 e. The van der Waals surface area contributed by atoms with E-state index in [1.54, 1.807) is 6.20 Å². The lowest BCUT2D eigenvalue weighted by atomic mass is 9.94. The number of aliphatic carboxylic acids is 1. The number of nitrogens with zero attached hydrogens (tertiary/aromatic N) is 2. The number of anilines is 2. The predicted octanol–water partition coefficient (Wildman–Crippen LogP) is 3.75. The highest BCUT2D eigenvalue weighted by Crippen LogP contribution is 2.29. The zero-order valence-electron chi connectivity index (χ0n) is 15.0. The van der Waals surface area contributed by atoms with Crippen molar-refractivity contribution in [1.29, 1.82) is 0 Å². The van der Waals surface area contributed by atoms with Crippen LogP contribution in [0.3, 0.4) is 0 Å². The van der Waals surface area contributed by atoms with Gasteiger partial charge in [-0.1, -0.05) is 34.6 Å². The number of pyridine rings is 1. The predicted molar refractivity (Wildman–Crippen MR) is 95.8 cm³/mol. The molecule has 130 valence electrons. The van der Waals surface area contributed by atoms with Crippen LogP contribution in [0.15, 0.2) is 12.3 Å². The van der Waals surface area contributed by atoms with Gasteiger partial charge in [-0.05, 0) is 35.8 Å². The van der Waals surface area contributed by atoms with E-state index in [2.05, 4.69) is 37.6 Å². The van der Waals surface area contributed by atoms with E-state index in [0.717, 1.165) is 30.9 Å². The zero-order valence-corrected chi connectivity index (χ0v) is 15.0. The second-order valence-electron chi connectivity index (χ2n) is 7.08. The normalized spacial score (nSPS) is 12.7. The molecule has 0 aliphatic carbocycles. The fourth-order valence-corrected chi connectivity index (χ4v) is 2.82. The SMILES string of the molecule is CCC(CC(=O)O)c1cnc(N(CC(C)C)CC(C)C)c(N)c1. The summed E-state index contributed by atoms with van der Waals surface area (Å²) in [5.41, 5.74) is 7.79. The monoisotopic (exact) mass is 321 g/mol. The van der Waals surface area contributed by atoms with Crippen LogP contribution in [0.4, 0.5) is 11.5 Å². The average Bonchev–Trinajstić information content (AvgIpc) is 2.42. The summed E-state index contributed by atoms with van der Waals surface area (Å²) in [6.45, 7) is 12.5. The van der Waals surface area contributed by atoms with Gasteiger partial charge in [0.2, 0.25) is 0 Å².